The number of methoxy groups -OCH3 is 1. The summed E-state index contributed by atoms with van der Waals surface area (Å²) in [4.78, 5) is 6.54. The van der Waals surface area contributed by atoms with Crippen LogP contribution in [0.1, 0.15) is 11.6 Å². The zero-order chi connectivity index (χ0) is 17.6. The number of nitrogens with one attached hydrogen (secondary N) is 1. The Labute approximate surface area is 147 Å². The molecule has 6 nitrogen and oxygen atoms in total. The van der Waals surface area contributed by atoms with Crippen LogP contribution in [0.25, 0.3) is 11.4 Å². The monoisotopic (exact) mass is 338 g/mol. The number of aromatic nitrogens is 2. The van der Waals surface area contributed by atoms with Crippen LogP contribution in [-0.4, -0.2) is 42.8 Å². The van der Waals surface area contributed by atoms with Crippen molar-refractivity contribution >= 4 is 6.01 Å². The van der Waals surface area contributed by atoms with Gasteiger partial charge in [-0.25, -0.2) is 0 Å². The fourth-order valence-electron chi connectivity index (χ4n) is 2.63. The van der Waals surface area contributed by atoms with Crippen molar-refractivity contribution in [2.24, 2.45) is 0 Å². The number of hydrogen-bond donors (Lipinski definition) is 1. The molecule has 25 heavy (non-hydrogen) atoms. The van der Waals surface area contributed by atoms with Crippen molar-refractivity contribution in [3.63, 3.8) is 0 Å². The van der Waals surface area contributed by atoms with Crippen LogP contribution in [0.2, 0.25) is 0 Å². The number of hydrogen-bond acceptors (Lipinski definition) is 6. The smallest absolute Gasteiger partial charge is 0.321 e. The van der Waals surface area contributed by atoms with Crippen molar-refractivity contribution in [2.75, 3.05) is 33.1 Å². The van der Waals surface area contributed by atoms with Crippen molar-refractivity contribution in [1.29, 1.82) is 0 Å². The topological polar surface area (TPSA) is 63.4 Å². The van der Waals surface area contributed by atoms with Crippen LogP contribution in [0.15, 0.2) is 59.1 Å². The molecule has 0 fully saturated rings. The maximum Gasteiger partial charge on any atom is 0.321 e. The molecule has 1 heterocycles. The van der Waals surface area contributed by atoms with Gasteiger partial charge in [0.1, 0.15) is 5.75 Å². The number of anilines is 1. The first-order chi connectivity index (χ1) is 12.2. The summed E-state index contributed by atoms with van der Waals surface area (Å²) in [6.45, 7) is 0.636. The maximum atomic E-state index is 5.32. The van der Waals surface area contributed by atoms with Gasteiger partial charge in [-0.3, -0.25) is 0 Å². The molecule has 0 saturated carbocycles. The molecule has 0 aliphatic carbocycles. The van der Waals surface area contributed by atoms with E-state index in [4.69, 9.17) is 9.26 Å². The Morgan fingerprint density at radius 1 is 1.12 bits per heavy atom. The molecule has 6 heteroatoms. The fourth-order valence-corrected chi connectivity index (χ4v) is 2.63. The van der Waals surface area contributed by atoms with E-state index in [1.807, 2.05) is 62.6 Å². The summed E-state index contributed by atoms with van der Waals surface area (Å²) in [6, 6.07) is 18.4. The molecular formula is C19H22N4O2. The van der Waals surface area contributed by atoms with E-state index >= 15 is 0 Å². The van der Waals surface area contributed by atoms with Crippen LogP contribution in [0.5, 0.6) is 5.75 Å². The van der Waals surface area contributed by atoms with Gasteiger partial charge in [-0.15, -0.1) is 0 Å². The number of benzene rings is 2. The first kappa shape index (κ1) is 17.0. The lowest BCUT2D eigenvalue weighted by molar-refractivity contribution is 0.307. The lowest BCUT2D eigenvalue weighted by Gasteiger charge is -2.25. The summed E-state index contributed by atoms with van der Waals surface area (Å²) < 4.78 is 10.6. The molecule has 1 unspecified atom stereocenters. The van der Waals surface area contributed by atoms with Gasteiger partial charge in [-0.1, -0.05) is 47.6 Å². The maximum absolute atomic E-state index is 5.32. The molecule has 0 radical (unpaired) electrons. The Morgan fingerprint density at radius 2 is 1.92 bits per heavy atom. The van der Waals surface area contributed by atoms with Gasteiger partial charge in [0.05, 0.1) is 13.2 Å². The fraction of sp³-hybridized carbons (Fsp3) is 0.263. The molecule has 1 aromatic heterocycles. The van der Waals surface area contributed by atoms with E-state index in [-0.39, 0.29) is 6.04 Å². The van der Waals surface area contributed by atoms with Crippen molar-refractivity contribution in [3.05, 3.63) is 60.2 Å². The molecule has 0 aliphatic rings. The van der Waals surface area contributed by atoms with Crippen LogP contribution in [0.3, 0.4) is 0 Å². The first-order valence-corrected chi connectivity index (χ1v) is 8.11. The van der Waals surface area contributed by atoms with Crippen LogP contribution in [-0.2, 0) is 0 Å². The van der Waals surface area contributed by atoms with Gasteiger partial charge in [0.2, 0.25) is 5.82 Å². The van der Waals surface area contributed by atoms with Crippen LogP contribution in [0.4, 0.5) is 6.01 Å². The third-order valence-corrected chi connectivity index (χ3v) is 4.01. The van der Waals surface area contributed by atoms with E-state index in [0.717, 1.165) is 16.9 Å². The Kier molecular flexibility index (Phi) is 5.30. The van der Waals surface area contributed by atoms with Crippen LogP contribution >= 0.6 is 0 Å². The van der Waals surface area contributed by atoms with E-state index in [1.165, 1.54) is 0 Å². The highest BCUT2D eigenvalue weighted by Gasteiger charge is 2.16. The second-order valence-electron chi connectivity index (χ2n) is 5.93. The van der Waals surface area contributed by atoms with Gasteiger partial charge < -0.3 is 19.5 Å². The summed E-state index contributed by atoms with van der Waals surface area (Å²) in [7, 11) is 5.75. The quantitative estimate of drug-likeness (QED) is 0.712. The third-order valence-electron chi connectivity index (χ3n) is 4.01. The van der Waals surface area contributed by atoms with Gasteiger partial charge in [0.25, 0.3) is 0 Å². The van der Waals surface area contributed by atoms with Crippen LogP contribution < -0.4 is 10.1 Å². The van der Waals surface area contributed by atoms with Gasteiger partial charge in [0.15, 0.2) is 0 Å². The SMILES string of the molecule is COc1cccc(C(CNc2nc(-c3ccccc3)no2)N(C)C)c1. The van der Waals surface area contributed by atoms with Gasteiger partial charge in [-0.05, 0) is 31.8 Å². The van der Waals surface area contributed by atoms with Gasteiger partial charge >= 0.3 is 6.01 Å². The molecule has 130 valence electrons. The molecule has 0 saturated heterocycles. The molecule has 2 aromatic carbocycles. The molecule has 0 amide bonds. The average molecular weight is 338 g/mol. The second-order valence-corrected chi connectivity index (χ2v) is 5.93. The molecule has 0 spiro atoms. The standard InChI is InChI=1S/C19H22N4O2/c1-23(2)17(15-10-7-11-16(12-15)24-3)13-20-19-21-18(22-25-19)14-8-5-4-6-9-14/h4-12,17H,13H2,1-3H3,(H,20,21,22). The van der Waals surface area contributed by atoms with E-state index in [2.05, 4.69) is 26.4 Å². The molecule has 3 aromatic rings. The Bertz CT molecular complexity index is 802. The highest BCUT2D eigenvalue weighted by atomic mass is 16.5. The van der Waals surface area contributed by atoms with Gasteiger partial charge in [0, 0.05) is 12.1 Å². The van der Waals surface area contributed by atoms with Gasteiger partial charge in [-0.2, -0.15) is 4.98 Å². The summed E-state index contributed by atoms with van der Waals surface area (Å²) in [6.07, 6.45) is 0. The molecule has 1 atom stereocenters. The largest absolute Gasteiger partial charge is 0.497 e. The van der Waals surface area contributed by atoms with E-state index in [1.54, 1.807) is 7.11 Å². The van der Waals surface area contributed by atoms with Crippen molar-refractivity contribution in [3.8, 4) is 17.1 Å². The number of nitrogens with zero attached hydrogens (tertiary/aromatic N) is 3. The first-order valence-electron chi connectivity index (χ1n) is 8.11. The summed E-state index contributed by atoms with van der Waals surface area (Å²) in [5.41, 5.74) is 2.08. The number of ether oxygens (including phenoxy) is 1. The lowest BCUT2D eigenvalue weighted by Crippen LogP contribution is -2.27. The number of likely N-dealkylation sites (N-methyl/N-ethyl adjacent to an activating group) is 1. The predicted molar refractivity (Wildman–Crippen MR) is 97.6 cm³/mol. The van der Waals surface area contributed by atoms with E-state index in [0.29, 0.717) is 18.4 Å². The van der Waals surface area contributed by atoms with Crippen molar-refractivity contribution in [1.82, 2.24) is 15.0 Å². The zero-order valence-electron chi connectivity index (χ0n) is 14.6. The lowest BCUT2D eigenvalue weighted by atomic mass is 10.1. The normalized spacial score (nSPS) is 12.2. The highest BCUT2D eigenvalue weighted by Crippen LogP contribution is 2.23. The number of rotatable bonds is 7. The minimum absolute atomic E-state index is 0.141. The second kappa shape index (κ2) is 7.81. The third kappa shape index (κ3) is 4.16. The molecule has 0 bridgehead atoms. The Morgan fingerprint density at radius 3 is 2.64 bits per heavy atom. The predicted octanol–water partition coefficient (Wildman–Crippen LogP) is 3.46. The summed E-state index contributed by atoms with van der Waals surface area (Å²) >= 11 is 0. The van der Waals surface area contributed by atoms with Crippen molar-refractivity contribution in [2.45, 2.75) is 6.04 Å². The van der Waals surface area contributed by atoms with E-state index in [9.17, 15) is 0 Å². The highest BCUT2D eigenvalue weighted by molar-refractivity contribution is 5.54. The molecular weight excluding hydrogens is 316 g/mol. The molecule has 0 aliphatic heterocycles. The average Bonchev–Trinajstić information content (AvgIpc) is 3.11. The Balaban J connectivity index is 1.71. The van der Waals surface area contributed by atoms with Crippen LogP contribution in [0, 0.1) is 0 Å². The van der Waals surface area contributed by atoms with E-state index < -0.39 is 0 Å². The minimum Gasteiger partial charge on any atom is -0.497 e. The Hall–Kier alpha value is -2.86. The minimum atomic E-state index is 0.141. The summed E-state index contributed by atoms with van der Waals surface area (Å²) in [5, 5.41) is 7.26. The molecule has 1 N–H and O–H groups in total. The zero-order valence-corrected chi connectivity index (χ0v) is 14.6. The summed E-state index contributed by atoms with van der Waals surface area (Å²) in [5.74, 6) is 1.42. The molecule has 3 rings (SSSR count). The van der Waals surface area contributed by atoms with Crippen molar-refractivity contribution < 1.29 is 9.26 Å².